The summed E-state index contributed by atoms with van der Waals surface area (Å²) in [5.74, 6) is 0.441. The first-order chi connectivity index (χ1) is 12.1. The van der Waals surface area contributed by atoms with Crippen LogP contribution in [-0.4, -0.2) is 31.7 Å². The van der Waals surface area contributed by atoms with E-state index in [1.165, 1.54) is 0 Å². The number of hydrogen-bond donors (Lipinski definition) is 1. The van der Waals surface area contributed by atoms with Gasteiger partial charge in [-0.05, 0) is 50.2 Å². The second-order valence-electron chi connectivity index (χ2n) is 5.01. The molecule has 0 saturated carbocycles. The van der Waals surface area contributed by atoms with Crippen molar-refractivity contribution in [2.45, 2.75) is 13.8 Å². The number of para-hydroxylation sites is 1. The lowest BCUT2D eigenvalue weighted by Gasteiger charge is -2.11. The van der Waals surface area contributed by atoms with E-state index in [4.69, 9.17) is 14.2 Å². The topological polar surface area (TPSA) is 73.9 Å². The molecule has 2 rings (SSSR count). The number of anilines is 1. The van der Waals surface area contributed by atoms with E-state index in [1.807, 2.05) is 6.92 Å². The number of esters is 1. The maximum atomic E-state index is 12.1. The number of rotatable bonds is 8. The molecule has 0 spiro atoms. The van der Waals surface area contributed by atoms with Crippen LogP contribution in [0.2, 0.25) is 0 Å². The number of amides is 1. The lowest BCUT2D eigenvalue weighted by molar-refractivity contribution is -0.118. The fourth-order valence-electron chi connectivity index (χ4n) is 2.11. The van der Waals surface area contributed by atoms with Gasteiger partial charge < -0.3 is 19.5 Å². The van der Waals surface area contributed by atoms with Crippen molar-refractivity contribution in [1.29, 1.82) is 0 Å². The molecule has 0 unspecified atom stereocenters. The van der Waals surface area contributed by atoms with Gasteiger partial charge in [-0.25, -0.2) is 4.79 Å². The third-order valence-corrected chi connectivity index (χ3v) is 3.20. The molecule has 0 bridgehead atoms. The number of carbonyl (C=O) groups excluding carboxylic acids is 2. The molecule has 0 aliphatic rings. The first-order valence-electron chi connectivity index (χ1n) is 8.05. The van der Waals surface area contributed by atoms with Crippen LogP contribution in [-0.2, 0) is 9.53 Å². The van der Waals surface area contributed by atoms with Crippen molar-refractivity contribution in [2.75, 3.05) is 25.1 Å². The molecule has 132 valence electrons. The molecular weight excluding hydrogens is 322 g/mol. The Labute approximate surface area is 146 Å². The van der Waals surface area contributed by atoms with Crippen LogP contribution in [0.4, 0.5) is 5.69 Å². The van der Waals surface area contributed by atoms with Gasteiger partial charge in [-0.2, -0.15) is 0 Å². The van der Waals surface area contributed by atoms with E-state index in [1.54, 1.807) is 55.5 Å². The van der Waals surface area contributed by atoms with Crippen LogP contribution in [0.1, 0.15) is 24.2 Å². The van der Waals surface area contributed by atoms with E-state index in [0.717, 1.165) is 5.75 Å². The molecule has 1 N–H and O–H groups in total. The van der Waals surface area contributed by atoms with E-state index >= 15 is 0 Å². The first kappa shape index (κ1) is 18.3. The van der Waals surface area contributed by atoms with E-state index in [9.17, 15) is 9.59 Å². The lowest BCUT2D eigenvalue weighted by atomic mass is 10.2. The Bertz CT molecular complexity index is 712. The van der Waals surface area contributed by atoms with Crippen LogP contribution in [0.3, 0.4) is 0 Å². The Morgan fingerprint density at radius 2 is 1.52 bits per heavy atom. The summed E-state index contributed by atoms with van der Waals surface area (Å²) < 4.78 is 15.8. The number of ether oxygens (including phenoxy) is 3. The standard InChI is InChI=1S/C19H21NO5/c1-3-23-14-9-11-15(12-10-14)25-13-18(21)20-17-8-6-5-7-16(17)19(22)24-4-2/h5-12H,3-4,13H2,1-2H3,(H,20,21). The zero-order valence-corrected chi connectivity index (χ0v) is 14.3. The minimum atomic E-state index is -0.481. The number of hydrogen-bond acceptors (Lipinski definition) is 5. The van der Waals surface area contributed by atoms with Crippen molar-refractivity contribution in [3.8, 4) is 11.5 Å². The van der Waals surface area contributed by atoms with Gasteiger partial charge in [-0.15, -0.1) is 0 Å². The Hall–Kier alpha value is -3.02. The lowest BCUT2D eigenvalue weighted by Crippen LogP contribution is -2.22. The third kappa shape index (κ3) is 5.53. The van der Waals surface area contributed by atoms with Crippen molar-refractivity contribution in [3.63, 3.8) is 0 Å². The Kier molecular flexibility index (Phi) is 6.83. The molecule has 1 amide bonds. The first-order valence-corrected chi connectivity index (χ1v) is 8.05. The van der Waals surface area contributed by atoms with Crippen LogP contribution < -0.4 is 14.8 Å². The van der Waals surface area contributed by atoms with Crippen molar-refractivity contribution < 1.29 is 23.8 Å². The number of nitrogens with one attached hydrogen (secondary N) is 1. The highest BCUT2D eigenvalue weighted by molar-refractivity contribution is 6.01. The van der Waals surface area contributed by atoms with Gasteiger partial charge in [-0.3, -0.25) is 4.79 Å². The average molecular weight is 343 g/mol. The fourth-order valence-corrected chi connectivity index (χ4v) is 2.11. The second kappa shape index (κ2) is 9.32. The van der Waals surface area contributed by atoms with Gasteiger partial charge in [0, 0.05) is 0 Å². The zero-order chi connectivity index (χ0) is 18.1. The monoisotopic (exact) mass is 343 g/mol. The van der Waals surface area contributed by atoms with Crippen molar-refractivity contribution in [2.24, 2.45) is 0 Å². The van der Waals surface area contributed by atoms with Crippen molar-refractivity contribution in [3.05, 3.63) is 54.1 Å². The number of benzene rings is 2. The van der Waals surface area contributed by atoms with Crippen LogP contribution in [0.15, 0.2) is 48.5 Å². The largest absolute Gasteiger partial charge is 0.494 e. The van der Waals surface area contributed by atoms with Crippen LogP contribution >= 0.6 is 0 Å². The zero-order valence-electron chi connectivity index (χ0n) is 14.3. The summed E-state index contributed by atoms with van der Waals surface area (Å²) >= 11 is 0. The molecule has 0 fully saturated rings. The SMILES string of the molecule is CCOC(=O)c1ccccc1NC(=O)COc1ccc(OCC)cc1. The van der Waals surface area contributed by atoms with Crippen LogP contribution in [0, 0.1) is 0 Å². The minimum absolute atomic E-state index is 0.175. The van der Waals surface area contributed by atoms with Gasteiger partial charge in [0.2, 0.25) is 0 Å². The molecule has 0 saturated heterocycles. The maximum absolute atomic E-state index is 12.1. The molecule has 0 aliphatic heterocycles. The molecule has 2 aromatic rings. The van der Waals surface area contributed by atoms with Crippen molar-refractivity contribution in [1.82, 2.24) is 0 Å². The molecule has 6 nitrogen and oxygen atoms in total. The summed E-state index contributed by atoms with van der Waals surface area (Å²) in [7, 11) is 0. The highest BCUT2D eigenvalue weighted by Crippen LogP contribution is 2.18. The van der Waals surface area contributed by atoms with Gasteiger partial charge >= 0.3 is 5.97 Å². The normalized spacial score (nSPS) is 10.0. The highest BCUT2D eigenvalue weighted by atomic mass is 16.5. The molecule has 0 radical (unpaired) electrons. The molecule has 0 aliphatic carbocycles. The maximum Gasteiger partial charge on any atom is 0.340 e. The van der Waals surface area contributed by atoms with E-state index < -0.39 is 5.97 Å². The molecule has 0 atom stereocenters. The molecule has 0 heterocycles. The Morgan fingerprint density at radius 1 is 0.880 bits per heavy atom. The third-order valence-electron chi connectivity index (χ3n) is 3.20. The van der Waals surface area contributed by atoms with E-state index in [-0.39, 0.29) is 19.1 Å². The predicted molar refractivity (Wildman–Crippen MR) is 94.1 cm³/mol. The Balaban J connectivity index is 1.93. The van der Waals surface area contributed by atoms with Crippen LogP contribution in [0.5, 0.6) is 11.5 Å². The Morgan fingerprint density at radius 3 is 2.16 bits per heavy atom. The molecule has 25 heavy (non-hydrogen) atoms. The van der Waals surface area contributed by atoms with Gasteiger partial charge in [-0.1, -0.05) is 12.1 Å². The van der Waals surface area contributed by atoms with Gasteiger partial charge in [0.1, 0.15) is 11.5 Å². The van der Waals surface area contributed by atoms with Crippen molar-refractivity contribution >= 4 is 17.6 Å². The van der Waals surface area contributed by atoms with Crippen LogP contribution in [0.25, 0.3) is 0 Å². The second-order valence-corrected chi connectivity index (χ2v) is 5.01. The smallest absolute Gasteiger partial charge is 0.340 e. The molecule has 6 heteroatoms. The summed E-state index contributed by atoms with van der Waals surface area (Å²) in [4.78, 5) is 24.0. The molecule has 0 aromatic heterocycles. The van der Waals surface area contributed by atoms with Gasteiger partial charge in [0.15, 0.2) is 6.61 Å². The number of carbonyl (C=O) groups is 2. The summed E-state index contributed by atoms with van der Waals surface area (Å²) in [6, 6.07) is 13.7. The van der Waals surface area contributed by atoms with E-state index in [0.29, 0.717) is 23.6 Å². The molecular formula is C19H21NO5. The highest BCUT2D eigenvalue weighted by Gasteiger charge is 2.14. The molecule has 2 aromatic carbocycles. The summed E-state index contributed by atoms with van der Waals surface area (Å²) in [5, 5.41) is 2.66. The average Bonchev–Trinajstić information content (AvgIpc) is 2.62. The summed E-state index contributed by atoms with van der Waals surface area (Å²) in [5.41, 5.74) is 0.694. The summed E-state index contributed by atoms with van der Waals surface area (Å²) in [6.45, 7) is 4.31. The minimum Gasteiger partial charge on any atom is -0.494 e. The van der Waals surface area contributed by atoms with Gasteiger partial charge in [0.25, 0.3) is 5.91 Å². The quantitative estimate of drug-likeness (QED) is 0.745. The predicted octanol–water partition coefficient (Wildman–Crippen LogP) is 3.28. The van der Waals surface area contributed by atoms with Gasteiger partial charge in [0.05, 0.1) is 24.5 Å². The van der Waals surface area contributed by atoms with E-state index in [2.05, 4.69) is 5.32 Å². The summed E-state index contributed by atoms with van der Waals surface area (Å²) in [6.07, 6.45) is 0. The fraction of sp³-hybridized carbons (Fsp3) is 0.263.